The van der Waals surface area contributed by atoms with Crippen molar-refractivity contribution >= 4 is 16.9 Å². The summed E-state index contributed by atoms with van der Waals surface area (Å²) < 4.78 is 63.2. The van der Waals surface area contributed by atoms with Crippen molar-refractivity contribution in [2.24, 2.45) is 0 Å². The summed E-state index contributed by atoms with van der Waals surface area (Å²) in [5.74, 6) is -1.83. The maximum Gasteiger partial charge on any atom is 0.416 e. The second kappa shape index (κ2) is 7.81. The van der Waals surface area contributed by atoms with Gasteiger partial charge < -0.3 is 14.3 Å². The SMILES string of the molecule is Cc1c(CC(=O)O)c(=O)oc2c(C)c(OCc3cc(C(F)(F)F)ccc3F)ccc12. The number of hydrogen-bond donors (Lipinski definition) is 1. The number of carbonyl (C=O) groups is 1. The molecule has 0 radical (unpaired) electrons. The molecule has 9 heteroatoms. The zero-order valence-electron chi connectivity index (χ0n) is 15.9. The molecule has 0 unspecified atom stereocenters. The first-order valence-electron chi connectivity index (χ1n) is 8.75. The maximum atomic E-state index is 13.9. The summed E-state index contributed by atoms with van der Waals surface area (Å²) in [5, 5.41) is 9.46. The fourth-order valence-corrected chi connectivity index (χ4v) is 3.10. The third-order valence-corrected chi connectivity index (χ3v) is 4.74. The van der Waals surface area contributed by atoms with Gasteiger partial charge in [-0.1, -0.05) is 0 Å². The minimum atomic E-state index is -4.62. The van der Waals surface area contributed by atoms with Crippen LogP contribution in [-0.2, 0) is 24.0 Å². The van der Waals surface area contributed by atoms with E-state index in [2.05, 4.69) is 0 Å². The number of carboxylic acid groups (broad SMARTS) is 1. The van der Waals surface area contributed by atoms with Crippen LogP contribution in [0, 0.1) is 19.7 Å². The van der Waals surface area contributed by atoms with Gasteiger partial charge in [-0.2, -0.15) is 13.2 Å². The first-order valence-corrected chi connectivity index (χ1v) is 8.75. The molecule has 0 bridgehead atoms. The first-order chi connectivity index (χ1) is 14.0. The minimum absolute atomic E-state index is 0.0223. The van der Waals surface area contributed by atoms with Gasteiger partial charge in [-0.3, -0.25) is 4.79 Å². The zero-order chi connectivity index (χ0) is 22.2. The van der Waals surface area contributed by atoms with Gasteiger partial charge in [-0.05, 0) is 49.7 Å². The molecule has 0 aliphatic carbocycles. The van der Waals surface area contributed by atoms with Crippen molar-refractivity contribution in [3.05, 3.63) is 74.4 Å². The number of fused-ring (bicyclic) bond motifs is 1. The summed E-state index contributed by atoms with van der Waals surface area (Å²) >= 11 is 0. The van der Waals surface area contributed by atoms with Crippen molar-refractivity contribution in [3.63, 3.8) is 0 Å². The van der Waals surface area contributed by atoms with Gasteiger partial charge in [0.1, 0.15) is 23.8 Å². The van der Waals surface area contributed by atoms with Crippen LogP contribution in [0.2, 0.25) is 0 Å². The lowest BCUT2D eigenvalue weighted by atomic mass is 10.0. The van der Waals surface area contributed by atoms with Gasteiger partial charge in [0, 0.05) is 16.5 Å². The van der Waals surface area contributed by atoms with Crippen molar-refractivity contribution in [1.82, 2.24) is 0 Å². The van der Waals surface area contributed by atoms with Gasteiger partial charge >= 0.3 is 17.8 Å². The fourth-order valence-electron chi connectivity index (χ4n) is 3.10. The van der Waals surface area contributed by atoms with E-state index in [1.54, 1.807) is 19.9 Å². The van der Waals surface area contributed by atoms with E-state index in [1.165, 1.54) is 6.07 Å². The van der Waals surface area contributed by atoms with E-state index in [0.29, 0.717) is 28.6 Å². The number of ether oxygens (including phenoxy) is 1. The van der Waals surface area contributed by atoms with Crippen LogP contribution in [-0.4, -0.2) is 11.1 Å². The summed E-state index contributed by atoms with van der Waals surface area (Å²) in [6.07, 6.45) is -5.11. The molecule has 2 aromatic carbocycles. The predicted molar refractivity (Wildman–Crippen MR) is 99.0 cm³/mol. The zero-order valence-corrected chi connectivity index (χ0v) is 15.9. The highest BCUT2D eigenvalue weighted by atomic mass is 19.4. The monoisotopic (exact) mass is 424 g/mol. The lowest BCUT2D eigenvalue weighted by molar-refractivity contribution is -0.138. The molecular formula is C21H16F4O5. The molecule has 1 aromatic heterocycles. The molecule has 0 atom stereocenters. The Balaban J connectivity index is 1.96. The van der Waals surface area contributed by atoms with E-state index in [9.17, 15) is 27.2 Å². The predicted octanol–water partition coefficient (Wildman–Crippen LogP) is 4.77. The number of alkyl halides is 3. The number of aliphatic carboxylic acids is 1. The van der Waals surface area contributed by atoms with Crippen LogP contribution in [0.3, 0.4) is 0 Å². The Morgan fingerprint density at radius 1 is 1.13 bits per heavy atom. The number of halogens is 4. The molecular weight excluding hydrogens is 408 g/mol. The van der Waals surface area contributed by atoms with Crippen LogP contribution in [0.25, 0.3) is 11.0 Å². The molecule has 0 amide bonds. The van der Waals surface area contributed by atoms with Gasteiger partial charge in [0.2, 0.25) is 0 Å². The summed E-state index contributed by atoms with van der Waals surface area (Å²) in [6.45, 7) is 2.69. The smallest absolute Gasteiger partial charge is 0.416 e. The Kier molecular flexibility index (Phi) is 5.56. The Morgan fingerprint density at radius 3 is 2.47 bits per heavy atom. The Labute approximate surface area is 167 Å². The van der Waals surface area contributed by atoms with Crippen molar-refractivity contribution in [1.29, 1.82) is 0 Å². The highest BCUT2D eigenvalue weighted by Gasteiger charge is 2.31. The summed E-state index contributed by atoms with van der Waals surface area (Å²) in [6, 6.07) is 5.09. The van der Waals surface area contributed by atoms with E-state index in [4.69, 9.17) is 14.3 Å². The van der Waals surface area contributed by atoms with Crippen LogP contribution < -0.4 is 10.4 Å². The average molecular weight is 424 g/mol. The molecule has 0 saturated heterocycles. The normalized spacial score (nSPS) is 11.7. The summed E-state index contributed by atoms with van der Waals surface area (Å²) in [7, 11) is 0. The number of hydrogen-bond acceptors (Lipinski definition) is 4. The van der Waals surface area contributed by atoms with Gasteiger partial charge in [0.25, 0.3) is 0 Å². The largest absolute Gasteiger partial charge is 0.488 e. The van der Waals surface area contributed by atoms with E-state index < -0.39 is 42.2 Å². The number of carboxylic acids is 1. The van der Waals surface area contributed by atoms with Crippen LogP contribution in [0.5, 0.6) is 5.75 Å². The second-order valence-corrected chi connectivity index (χ2v) is 6.72. The highest BCUT2D eigenvalue weighted by Crippen LogP contribution is 2.32. The molecule has 0 fully saturated rings. The maximum absolute atomic E-state index is 13.9. The van der Waals surface area contributed by atoms with Crippen LogP contribution in [0.1, 0.15) is 27.8 Å². The molecule has 0 aliphatic rings. The third-order valence-electron chi connectivity index (χ3n) is 4.74. The lowest BCUT2D eigenvalue weighted by Gasteiger charge is -2.14. The van der Waals surface area contributed by atoms with Gasteiger partial charge in [-0.15, -0.1) is 0 Å². The molecule has 1 heterocycles. The van der Waals surface area contributed by atoms with Gasteiger partial charge in [0.15, 0.2) is 0 Å². The van der Waals surface area contributed by atoms with E-state index >= 15 is 0 Å². The second-order valence-electron chi connectivity index (χ2n) is 6.72. The van der Waals surface area contributed by atoms with Crippen LogP contribution in [0.4, 0.5) is 17.6 Å². The standard InChI is InChI=1S/C21H16F4O5/c1-10-14-4-6-17(11(2)19(14)30-20(28)15(10)8-18(26)27)29-9-12-7-13(21(23,24)25)3-5-16(12)22/h3-7H,8-9H2,1-2H3,(H,26,27). The Morgan fingerprint density at radius 2 is 1.83 bits per heavy atom. The van der Waals surface area contributed by atoms with Gasteiger partial charge in [0.05, 0.1) is 17.5 Å². The van der Waals surface area contributed by atoms with Gasteiger partial charge in [-0.25, -0.2) is 9.18 Å². The fraction of sp³-hybridized carbons (Fsp3) is 0.238. The lowest BCUT2D eigenvalue weighted by Crippen LogP contribution is -2.15. The highest BCUT2D eigenvalue weighted by molar-refractivity contribution is 5.86. The molecule has 0 saturated carbocycles. The summed E-state index contributed by atoms with van der Waals surface area (Å²) in [4.78, 5) is 23.1. The Bertz CT molecular complexity index is 1190. The molecule has 158 valence electrons. The third kappa shape index (κ3) is 4.14. The molecule has 30 heavy (non-hydrogen) atoms. The number of rotatable bonds is 5. The van der Waals surface area contributed by atoms with Crippen molar-refractivity contribution in [2.75, 3.05) is 0 Å². The average Bonchev–Trinajstić information content (AvgIpc) is 2.65. The van der Waals surface area contributed by atoms with Crippen molar-refractivity contribution in [3.8, 4) is 5.75 Å². The summed E-state index contributed by atoms with van der Waals surface area (Å²) in [5.41, 5.74) is -1.07. The number of aryl methyl sites for hydroxylation is 2. The molecule has 1 N–H and O–H groups in total. The topological polar surface area (TPSA) is 76.7 Å². The van der Waals surface area contributed by atoms with E-state index in [1.807, 2.05) is 0 Å². The quantitative estimate of drug-likeness (QED) is 0.472. The molecule has 5 nitrogen and oxygen atoms in total. The van der Waals surface area contributed by atoms with E-state index in [0.717, 1.165) is 6.07 Å². The Hall–Kier alpha value is -3.36. The van der Waals surface area contributed by atoms with Crippen molar-refractivity contribution in [2.45, 2.75) is 33.1 Å². The molecule has 3 rings (SSSR count). The minimum Gasteiger partial charge on any atom is -0.488 e. The molecule has 0 spiro atoms. The molecule has 3 aromatic rings. The molecule has 0 aliphatic heterocycles. The van der Waals surface area contributed by atoms with Crippen LogP contribution >= 0.6 is 0 Å². The van der Waals surface area contributed by atoms with Crippen LogP contribution in [0.15, 0.2) is 39.5 Å². The van der Waals surface area contributed by atoms with Crippen molar-refractivity contribution < 1.29 is 36.6 Å². The van der Waals surface area contributed by atoms with E-state index in [-0.39, 0.29) is 22.5 Å². The first kappa shape index (κ1) is 21.4. The number of benzene rings is 2.